The molecule has 0 aliphatic heterocycles. The van der Waals surface area contributed by atoms with Crippen LogP contribution in [0.2, 0.25) is 0 Å². The van der Waals surface area contributed by atoms with E-state index in [1.54, 1.807) is 12.1 Å². The van der Waals surface area contributed by atoms with Gasteiger partial charge in [-0.2, -0.15) is 0 Å². The fourth-order valence-electron chi connectivity index (χ4n) is 2.02. The van der Waals surface area contributed by atoms with Crippen LogP contribution in [0.15, 0.2) is 47.4 Å². The Hall–Kier alpha value is -2.41. The minimum Gasteiger partial charge on any atom is -0.355 e. The van der Waals surface area contributed by atoms with Crippen molar-refractivity contribution in [2.45, 2.75) is 11.8 Å². The van der Waals surface area contributed by atoms with E-state index >= 15 is 0 Å². The average Bonchev–Trinajstić information content (AvgIpc) is 2.46. The molecule has 1 amide bonds. The number of benzene rings is 2. The van der Waals surface area contributed by atoms with E-state index in [2.05, 4.69) is 10.0 Å². The summed E-state index contributed by atoms with van der Waals surface area (Å²) in [5.41, 5.74) is 0.642. The first-order valence-corrected chi connectivity index (χ1v) is 7.93. The van der Waals surface area contributed by atoms with Crippen molar-refractivity contribution in [1.29, 1.82) is 0 Å². The van der Waals surface area contributed by atoms with Crippen LogP contribution >= 0.6 is 0 Å². The van der Waals surface area contributed by atoms with Crippen molar-refractivity contribution in [3.05, 3.63) is 59.4 Å². The highest BCUT2D eigenvalue weighted by Crippen LogP contribution is 2.22. The van der Waals surface area contributed by atoms with Crippen molar-refractivity contribution < 1.29 is 17.6 Å². The van der Waals surface area contributed by atoms with Gasteiger partial charge in [0.1, 0.15) is 5.82 Å². The van der Waals surface area contributed by atoms with E-state index in [4.69, 9.17) is 0 Å². The average molecular weight is 322 g/mol. The number of hydrogen-bond donors (Lipinski definition) is 2. The zero-order chi connectivity index (χ0) is 16.3. The molecule has 2 aromatic rings. The van der Waals surface area contributed by atoms with Gasteiger partial charge in [-0.1, -0.05) is 12.1 Å². The number of hydrogen-bond acceptors (Lipinski definition) is 3. The number of sulfonamides is 1. The molecule has 0 fully saturated rings. The van der Waals surface area contributed by atoms with Crippen LogP contribution < -0.4 is 10.0 Å². The van der Waals surface area contributed by atoms with E-state index in [0.29, 0.717) is 0 Å². The normalized spacial score (nSPS) is 11.0. The first-order valence-electron chi connectivity index (χ1n) is 6.45. The van der Waals surface area contributed by atoms with Crippen LogP contribution in [0.4, 0.5) is 10.1 Å². The van der Waals surface area contributed by atoms with E-state index in [-0.39, 0.29) is 21.7 Å². The monoisotopic (exact) mass is 322 g/mol. The van der Waals surface area contributed by atoms with Crippen molar-refractivity contribution in [2.24, 2.45) is 0 Å². The molecule has 0 saturated heterocycles. The molecule has 7 heteroatoms. The molecular formula is C15H15FN2O3S. The Bertz CT molecular complexity index is 819. The Kier molecular flexibility index (Phi) is 4.46. The number of para-hydroxylation sites is 1. The number of halogens is 1. The number of carbonyl (C=O) groups excluding carboxylic acids is 1. The van der Waals surface area contributed by atoms with Crippen LogP contribution in [0, 0.1) is 12.7 Å². The summed E-state index contributed by atoms with van der Waals surface area (Å²) >= 11 is 0. The molecule has 0 radical (unpaired) electrons. The van der Waals surface area contributed by atoms with E-state index in [1.807, 2.05) is 0 Å². The fourth-order valence-corrected chi connectivity index (χ4v) is 3.33. The lowest BCUT2D eigenvalue weighted by molar-refractivity contribution is 0.0964. The second-order valence-electron chi connectivity index (χ2n) is 4.64. The minimum absolute atomic E-state index is 0.0411. The van der Waals surface area contributed by atoms with Crippen molar-refractivity contribution in [2.75, 3.05) is 11.8 Å². The highest BCUT2D eigenvalue weighted by Gasteiger charge is 2.20. The zero-order valence-corrected chi connectivity index (χ0v) is 12.9. The summed E-state index contributed by atoms with van der Waals surface area (Å²) < 4.78 is 40.3. The van der Waals surface area contributed by atoms with Gasteiger partial charge in [0.05, 0.1) is 16.1 Å². The molecule has 22 heavy (non-hydrogen) atoms. The predicted octanol–water partition coefficient (Wildman–Crippen LogP) is 2.29. The van der Waals surface area contributed by atoms with Gasteiger partial charge < -0.3 is 5.32 Å². The van der Waals surface area contributed by atoms with E-state index in [9.17, 15) is 17.6 Å². The van der Waals surface area contributed by atoms with Crippen molar-refractivity contribution in [1.82, 2.24) is 5.32 Å². The summed E-state index contributed by atoms with van der Waals surface area (Å²) in [7, 11) is -2.47. The third-order valence-electron chi connectivity index (χ3n) is 3.07. The summed E-state index contributed by atoms with van der Waals surface area (Å²) in [5.74, 6) is -0.920. The predicted molar refractivity (Wildman–Crippen MR) is 81.8 cm³/mol. The molecule has 0 unspecified atom stereocenters. The first-order chi connectivity index (χ1) is 10.3. The lowest BCUT2D eigenvalue weighted by Gasteiger charge is -2.13. The van der Waals surface area contributed by atoms with Crippen LogP contribution in [0.1, 0.15) is 15.9 Å². The molecular weight excluding hydrogens is 307 g/mol. The summed E-state index contributed by atoms with van der Waals surface area (Å²) in [4.78, 5) is 11.7. The highest BCUT2D eigenvalue weighted by molar-refractivity contribution is 7.92. The molecule has 0 aliphatic carbocycles. The van der Waals surface area contributed by atoms with E-state index < -0.39 is 21.7 Å². The summed E-state index contributed by atoms with van der Waals surface area (Å²) in [6, 6.07) is 9.64. The molecule has 0 aliphatic rings. The second kappa shape index (κ2) is 6.15. The smallest absolute Gasteiger partial charge is 0.262 e. The third kappa shape index (κ3) is 3.25. The Labute approximate surface area is 128 Å². The van der Waals surface area contributed by atoms with E-state index in [0.717, 1.165) is 12.1 Å². The molecule has 2 rings (SSSR count). The molecule has 0 spiro atoms. The third-order valence-corrected chi connectivity index (χ3v) is 4.60. The van der Waals surface area contributed by atoms with Crippen LogP contribution in [0.25, 0.3) is 0 Å². The van der Waals surface area contributed by atoms with Crippen molar-refractivity contribution in [3.63, 3.8) is 0 Å². The largest absolute Gasteiger partial charge is 0.355 e. The van der Waals surface area contributed by atoms with Gasteiger partial charge in [0.15, 0.2) is 0 Å². The maximum atomic E-state index is 13.1. The first kappa shape index (κ1) is 16.0. The molecule has 0 saturated carbocycles. The lowest BCUT2D eigenvalue weighted by Crippen LogP contribution is -2.22. The number of anilines is 1. The molecule has 2 N–H and O–H groups in total. The maximum absolute atomic E-state index is 13.1. The van der Waals surface area contributed by atoms with Crippen molar-refractivity contribution >= 4 is 21.6 Å². The number of rotatable bonds is 4. The second-order valence-corrected chi connectivity index (χ2v) is 6.29. The van der Waals surface area contributed by atoms with Crippen LogP contribution in [0.5, 0.6) is 0 Å². The molecule has 5 nitrogen and oxygen atoms in total. The SMILES string of the molecule is CNC(=O)c1ccccc1NS(=O)(=O)c1ccc(F)cc1C. The van der Waals surface area contributed by atoms with Crippen molar-refractivity contribution in [3.8, 4) is 0 Å². The summed E-state index contributed by atoms with van der Waals surface area (Å²) in [6.45, 7) is 1.50. The Morgan fingerprint density at radius 1 is 1.14 bits per heavy atom. The van der Waals surface area contributed by atoms with Crippen LogP contribution in [0.3, 0.4) is 0 Å². The van der Waals surface area contributed by atoms with Gasteiger partial charge in [-0.3, -0.25) is 9.52 Å². The van der Waals surface area contributed by atoms with E-state index in [1.165, 1.54) is 32.2 Å². The van der Waals surface area contributed by atoms with Gasteiger partial charge >= 0.3 is 0 Å². The van der Waals surface area contributed by atoms with Gasteiger partial charge in [0.25, 0.3) is 15.9 Å². The topological polar surface area (TPSA) is 75.3 Å². The molecule has 0 aromatic heterocycles. The molecule has 2 aromatic carbocycles. The Morgan fingerprint density at radius 2 is 1.82 bits per heavy atom. The number of carbonyl (C=O) groups is 1. The molecule has 116 valence electrons. The van der Waals surface area contributed by atoms with Gasteiger partial charge in [0, 0.05) is 7.05 Å². The zero-order valence-electron chi connectivity index (χ0n) is 12.1. The Morgan fingerprint density at radius 3 is 2.45 bits per heavy atom. The fraction of sp³-hybridized carbons (Fsp3) is 0.133. The molecule has 0 atom stereocenters. The summed E-state index contributed by atoms with van der Waals surface area (Å²) in [6.07, 6.45) is 0. The molecule has 0 heterocycles. The highest BCUT2D eigenvalue weighted by atomic mass is 32.2. The van der Waals surface area contributed by atoms with Gasteiger partial charge in [-0.15, -0.1) is 0 Å². The lowest BCUT2D eigenvalue weighted by atomic mass is 10.2. The van der Waals surface area contributed by atoms with Crippen LogP contribution in [-0.2, 0) is 10.0 Å². The maximum Gasteiger partial charge on any atom is 0.262 e. The molecule has 0 bridgehead atoms. The van der Waals surface area contributed by atoms with Gasteiger partial charge in [-0.25, -0.2) is 12.8 Å². The number of amides is 1. The minimum atomic E-state index is -3.92. The summed E-state index contributed by atoms with van der Waals surface area (Å²) in [5, 5.41) is 2.44. The van der Waals surface area contributed by atoms with Gasteiger partial charge in [-0.05, 0) is 42.8 Å². The quantitative estimate of drug-likeness (QED) is 0.907. The van der Waals surface area contributed by atoms with Crippen LogP contribution in [-0.4, -0.2) is 21.4 Å². The van der Waals surface area contributed by atoms with Gasteiger partial charge in [0.2, 0.25) is 0 Å². The number of aryl methyl sites for hydroxylation is 1. The number of nitrogens with one attached hydrogen (secondary N) is 2. The Balaban J connectivity index is 2.44. The standard InChI is InChI=1S/C15H15FN2O3S/c1-10-9-11(16)7-8-14(10)22(20,21)18-13-6-4-3-5-12(13)15(19)17-2/h3-9,18H,1-2H3,(H,17,19).